The van der Waals surface area contributed by atoms with Gasteiger partial charge in [0.25, 0.3) is 5.91 Å². The predicted molar refractivity (Wildman–Crippen MR) is 104 cm³/mol. The number of aromatic nitrogens is 1. The summed E-state index contributed by atoms with van der Waals surface area (Å²) < 4.78 is 5.62. The van der Waals surface area contributed by atoms with Crippen molar-refractivity contribution in [2.75, 3.05) is 33.4 Å². The molecule has 0 saturated carbocycles. The van der Waals surface area contributed by atoms with Crippen molar-refractivity contribution in [2.24, 2.45) is 0 Å². The van der Waals surface area contributed by atoms with E-state index in [2.05, 4.69) is 15.2 Å². The molecule has 0 spiro atoms. The molecule has 6 heteroatoms. The van der Waals surface area contributed by atoms with Crippen molar-refractivity contribution in [3.8, 4) is 0 Å². The van der Waals surface area contributed by atoms with E-state index < -0.39 is 5.54 Å². The van der Waals surface area contributed by atoms with Gasteiger partial charge in [0.1, 0.15) is 0 Å². The van der Waals surface area contributed by atoms with Crippen molar-refractivity contribution in [3.05, 3.63) is 65.5 Å². The number of pyridine rings is 1. The molecule has 1 aliphatic heterocycles. The van der Waals surface area contributed by atoms with Crippen LogP contribution in [0.5, 0.6) is 0 Å². The lowest BCUT2D eigenvalue weighted by Crippen LogP contribution is -2.65. The van der Waals surface area contributed by atoms with E-state index in [1.54, 1.807) is 12.3 Å². The van der Waals surface area contributed by atoms with E-state index in [1.807, 2.05) is 50.4 Å². The normalized spacial score (nSPS) is 23.1. The predicted octanol–water partition coefficient (Wildman–Crippen LogP) is 1.48. The van der Waals surface area contributed by atoms with Gasteiger partial charge in [-0.1, -0.05) is 18.2 Å². The molecule has 0 aliphatic carbocycles. The third-order valence-electron chi connectivity index (χ3n) is 5.31. The van der Waals surface area contributed by atoms with Gasteiger partial charge in [-0.3, -0.25) is 14.7 Å². The molecule has 2 heterocycles. The van der Waals surface area contributed by atoms with Crippen molar-refractivity contribution in [1.29, 1.82) is 0 Å². The monoisotopic (exact) mass is 369 g/mol. The van der Waals surface area contributed by atoms with Gasteiger partial charge in [0.2, 0.25) is 0 Å². The summed E-state index contributed by atoms with van der Waals surface area (Å²) in [7, 11) is 1.96. The van der Waals surface area contributed by atoms with Crippen LogP contribution < -0.4 is 5.32 Å². The largest absolute Gasteiger partial charge is 0.394 e. The Morgan fingerprint density at radius 2 is 2.22 bits per heavy atom. The van der Waals surface area contributed by atoms with Crippen LogP contribution >= 0.6 is 0 Å². The zero-order valence-corrected chi connectivity index (χ0v) is 15.9. The first-order valence-corrected chi connectivity index (χ1v) is 9.23. The van der Waals surface area contributed by atoms with Crippen molar-refractivity contribution < 1.29 is 14.6 Å². The Hall–Kier alpha value is -2.28. The quantitative estimate of drug-likeness (QED) is 0.807. The highest BCUT2D eigenvalue weighted by molar-refractivity contribution is 5.94. The topological polar surface area (TPSA) is 74.7 Å². The number of carbonyl (C=O) groups excluding carboxylic acids is 1. The highest BCUT2D eigenvalue weighted by Crippen LogP contribution is 2.21. The van der Waals surface area contributed by atoms with Crippen molar-refractivity contribution >= 4 is 5.91 Å². The van der Waals surface area contributed by atoms with Crippen LogP contribution in [0.2, 0.25) is 0 Å². The minimum absolute atomic E-state index is 0.0756. The molecule has 1 saturated heterocycles. The summed E-state index contributed by atoms with van der Waals surface area (Å²) in [5.74, 6) is -0.155. The summed E-state index contributed by atoms with van der Waals surface area (Å²) in [6, 6.07) is 13.6. The van der Waals surface area contributed by atoms with Gasteiger partial charge in [0.15, 0.2) is 0 Å². The number of nitrogens with zero attached hydrogens (tertiary/aromatic N) is 2. The Labute approximate surface area is 160 Å². The number of hydrogen-bond acceptors (Lipinski definition) is 5. The van der Waals surface area contributed by atoms with Gasteiger partial charge in [0, 0.05) is 36.5 Å². The van der Waals surface area contributed by atoms with Gasteiger partial charge in [-0.05, 0) is 43.8 Å². The fourth-order valence-corrected chi connectivity index (χ4v) is 3.37. The molecule has 1 aromatic carbocycles. The second-order valence-electron chi connectivity index (χ2n) is 7.24. The number of likely N-dealkylation sites (N-methyl/N-ethyl adjacent to an activating group) is 1. The van der Waals surface area contributed by atoms with Crippen LogP contribution in [0.3, 0.4) is 0 Å². The summed E-state index contributed by atoms with van der Waals surface area (Å²) >= 11 is 0. The lowest BCUT2D eigenvalue weighted by molar-refractivity contribution is -0.105. The van der Waals surface area contributed by atoms with E-state index >= 15 is 0 Å². The average molecular weight is 369 g/mol. The molecule has 3 rings (SSSR count). The molecule has 0 bridgehead atoms. The number of aliphatic hydroxyl groups excluding tert-OH is 1. The molecule has 1 aromatic heterocycles. The number of rotatable bonds is 6. The highest BCUT2D eigenvalue weighted by Gasteiger charge is 2.40. The molecular weight excluding hydrogens is 342 g/mol. The molecule has 1 amide bonds. The van der Waals surface area contributed by atoms with Crippen molar-refractivity contribution in [2.45, 2.75) is 24.9 Å². The van der Waals surface area contributed by atoms with E-state index in [1.165, 1.54) is 0 Å². The van der Waals surface area contributed by atoms with Crippen LogP contribution in [0, 0.1) is 0 Å². The molecule has 0 unspecified atom stereocenters. The number of morpholine rings is 1. The van der Waals surface area contributed by atoms with Crippen LogP contribution in [0.4, 0.5) is 0 Å². The summed E-state index contributed by atoms with van der Waals surface area (Å²) in [6.07, 6.45) is 2.45. The maximum Gasteiger partial charge on any atom is 0.251 e. The smallest absolute Gasteiger partial charge is 0.251 e. The molecule has 2 N–H and O–H groups in total. The van der Waals surface area contributed by atoms with Gasteiger partial charge in [-0.25, -0.2) is 0 Å². The van der Waals surface area contributed by atoms with Gasteiger partial charge in [0.05, 0.1) is 25.4 Å². The molecule has 27 heavy (non-hydrogen) atoms. The second-order valence-corrected chi connectivity index (χ2v) is 7.24. The Balaban J connectivity index is 1.66. The summed E-state index contributed by atoms with van der Waals surface area (Å²) in [5, 5.41) is 12.9. The van der Waals surface area contributed by atoms with Gasteiger partial charge >= 0.3 is 0 Å². The Morgan fingerprint density at radius 1 is 1.37 bits per heavy atom. The first-order chi connectivity index (χ1) is 13.0. The zero-order valence-electron chi connectivity index (χ0n) is 15.9. The SMILES string of the molecule is C[C@@H]1COC[C@@](CO)(CNC(=O)c2cccc(Cc3ccccn3)c2)N1C. The number of amides is 1. The molecular formula is C21H27N3O3. The number of nitrogens with one attached hydrogen (secondary N) is 1. The van der Waals surface area contributed by atoms with E-state index in [9.17, 15) is 9.90 Å². The fourth-order valence-electron chi connectivity index (χ4n) is 3.37. The number of carbonyl (C=O) groups is 1. The second kappa shape index (κ2) is 8.61. The fraction of sp³-hybridized carbons (Fsp3) is 0.429. The molecule has 2 aromatic rings. The molecule has 6 nitrogen and oxygen atoms in total. The van der Waals surface area contributed by atoms with Crippen LogP contribution in [0.15, 0.2) is 48.7 Å². The maximum absolute atomic E-state index is 12.7. The van der Waals surface area contributed by atoms with E-state index in [0.717, 1.165) is 11.3 Å². The lowest BCUT2D eigenvalue weighted by Gasteiger charge is -2.47. The maximum atomic E-state index is 12.7. The van der Waals surface area contributed by atoms with Gasteiger partial charge in [-0.2, -0.15) is 0 Å². The third-order valence-corrected chi connectivity index (χ3v) is 5.31. The first-order valence-electron chi connectivity index (χ1n) is 9.23. The average Bonchev–Trinajstić information content (AvgIpc) is 2.70. The van der Waals surface area contributed by atoms with Crippen molar-refractivity contribution in [1.82, 2.24) is 15.2 Å². The number of benzene rings is 1. The van der Waals surface area contributed by atoms with Crippen LogP contribution in [0.1, 0.15) is 28.5 Å². The molecule has 1 fully saturated rings. The zero-order chi connectivity index (χ0) is 19.3. The summed E-state index contributed by atoms with van der Waals surface area (Å²) in [6.45, 7) is 3.32. The third kappa shape index (κ3) is 4.53. The van der Waals surface area contributed by atoms with Gasteiger partial charge < -0.3 is 15.2 Å². The summed E-state index contributed by atoms with van der Waals surface area (Å²) in [5.41, 5.74) is 2.00. The van der Waals surface area contributed by atoms with Crippen LogP contribution in [-0.4, -0.2) is 65.9 Å². The van der Waals surface area contributed by atoms with Gasteiger partial charge in [-0.15, -0.1) is 0 Å². The van der Waals surface area contributed by atoms with E-state index in [-0.39, 0.29) is 18.6 Å². The number of aliphatic hydroxyl groups is 1. The lowest BCUT2D eigenvalue weighted by atomic mass is 9.95. The number of ether oxygens (including phenoxy) is 1. The Morgan fingerprint density at radius 3 is 2.96 bits per heavy atom. The minimum atomic E-state index is -0.598. The highest BCUT2D eigenvalue weighted by atomic mass is 16.5. The minimum Gasteiger partial charge on any atom is -0.394 e. The first kappa shape index (κ1) is 19.5. The van der Waals surface area contributed by atoms with Crippen molar-refractivity contribution in [3.63, 3.8) is 0 Å². The Kier molecular flexibility index (Phi) is 6.21. The van der Waals surface area contributed by atoms with E-state index in [0.29, 0.717) is 31.7 Å². The molecule has 1 aliphatic rings. The molecule has 144 valence electrons. The molecule has 0 radical (unpaired) electrons. The number of hydrogen-bond donors (Lipinski definition) is 2. The van der Waals surface area contributed by atoms with Crippen LogP contribution in [0.25, 0.3) is 0 Å². The van der Waals surface area contributed by atoms with E-state index in [4.69, 9.17) is 4.74 Å². The molecule has 2 atom stereocenters. The van der Waals surface area contributed by atoms with Crippen LogP contribution in [-0.2, 0) is 11.2 Å². The standard InChI is InChI=1S/C21H27N3O3/c1-16-12-27-15-21(14-25,24(16)2)13-23-20(26)18-7-5-6-17(10-18)11-19-8-3-4-9-22-19/h3-10,16,25H,11-15H2,1-2H3,(H,23,26)/t16-,21+/m1/s1. The Bertz CT molecular complexity index is 768. The summed E-state index contributed by atoms with van der Waals surface area (Å²) in [4.78, 5) is 19.1.